The summed E-state index contributed by atoms with van der Waals surface area (Å²) in [6.07, 6.45) is 3.92. The summed E-state index contributed by atoms with van der Waals surface area (Å²) < 4.78 is 5.67. The molecular weight excluding hydrogens is 448 g/mol. The molecule has 2 aliphatic heterocycles. The molecule has 0 saturated carbocycles. The maximum Gasteiger partial charge on any atom is 0.335 e. The molecule has 2 heterocycles. The molecule has 9 heteroatoms. The van der Waals surface area contributed by atoms with Crippen LogP contribution in [0.15, 0.2) is 57.9 Å². The molecule has 0 aromatic heterocycles. The van der Waals surface area contributed by atoms with Crippen LogP contribution in [-0.2, 0) is 27.2 Å². The Morgan fingerprint density at radius 3 is 2.69 bits per heavy atom. The summed E-state index contributed by atoms with van der Waals surface area (Å²) in [5.41, 5.74) is 7.55. The average molecular weight is 475 g/mol. The molecule has 2 aromatic carbocycles. The molecule has 1 unspecified atom stereocenters. The number of hydrogen-bond donors (Lipinski definition) is 3. The molecule has 0 spiro atoms. The fraction of sp³-hybridized carbons (Fsp3) is 0.308. The zero-order valence-corrected chi connectivity index (χ0v) is 19.5. The SMILES string of the molecule is CC1=NN(c2ccc3c(c2)CCCC3)C(=O)/C1=N\Nc1cccc(C2CC(C(=O)O)=C(C)O2)c1O. The van der Waals surface area contributed by atoms with Crippen molar-refractivity contribution >= 4 is 34.7 Å². The lowest BCUT2D eigenvalue weighted by atomic mass is 9.91. The number of carbonyl (C=O) groups excluding carboxylic acids is 1. The van der Waals surface area contributed by atoms with Gasteiger partial charge in [-0.1, -0.05) is 18.2 Å². The first-order chi connectivity index (χ1) is 16.8. The van der Waals surface area contributed by atoms with Crippen molar-refractivity contribution in [2.75, 3.05) is 10.4 Å². The van der Waals surface area contributed by atoms with Crippen molar-refractivity contribution in [2.45, 2.75) is 52.1 Å². The monoisotopic (exact) mass is 474 g/mol. The van der Waals surface area contributed by atoms with E-state index < -0.39 is 12.1 Å². The number of fused-ring (bicyclic) bond motifs is 1. The molecule has 0 bridgehead atoms. The van der Waals surface area contributed by atoms with Crippen molar-refractivity contribution in [3.8, 4) is 5.75 Å². The van der Waals surface area contributed by atoms with Crippen LogP contribution in [0, 0.1) is 0 Å². The molecule has 1 atom stereocenters. The maximum atomic E-state index is 13.1. The lowest BCUT2D eigenvalue weighted by molar-refractivity contribution is -0.132. The Hall–Kier alpha value is -4.14. The molecule has 2 aromatic rings. The smallest absolute Gasteiger partial charge is 0.335 e. The molecule has 0 fully saturated rings. The van der Waals surface area contributed by atoms with Gasteiger partial charge >= 0.3 is 11.9 Å². The number of para-hydroxylation sites is 1. The molecule has 1 amide bonds. The number of nitrogens with one attached hydrogen (secondary N) is 1. The van der Waals surface area contributed by atoms with E-state index in [2.05, 4.69) is 21.7 Å². The number of nitrogens with zero attached hydrogens (tertiary/aromatic N) is 3. The fourth-order valence-electron chi connectivity index (χ4n) is 4.75. The number of hydrazone groups is 2. The molecule has 35 heavy (non-hydrogen) atoms. The second-order valence-electron chi connectivity index (χ2n) is 8.93. The van der Waals surface area contributed by atoms with Crippen molar-refractivity contribution in [3.63, 3.8) is 0 Å². The number of benzene rings is 2. The minimum Gasteiger partial charge on any atom is -0.505 e. The van der Waals surface area contributed by atoms with Crippen molar-refractivity contribution < 1.29 is 24.5 Å². The largest absolute Gasteiger partial charge is 0.505 e. The predicted molar refractivity (Wildman–Crippen MR) is 132 cm³/mol. The number of phenolic OH excluding ortho intramolecular Hbond substituents is 1. The number of aliphatic carboxylic acids is 1. The lowest BCUT2D eigenvalue weighted by Gasteiger charge is -2.19. The van der Waals surface area contributed by atoms with Gasteiger partial charge in [-0.25, -0.2) is 4.79 Å². The fourth-order valence-corrected chi connectivity index (χ4v) is 4.75. The van der Waals surface area contributed by atoms with Crippen LogP contribution in [0.3, 0.4) is 0 Å². The van der Waals surface area contributed by atoms with Gasteiger partial charge in [0.15, 0.2) is 5.71 Å². The second-order valence-corrected chi connectivity index (χ2v) is 8.93. The third-order valence-corrected chi connectivity index (χ3v) is 6.66. The number of aromatic hydroxyl groups is 1. The number of carboxylic acid groups (broad SMARTS) is 1. The Morgan fingerprint density at radius 1 is 1.17 bits per heavy atom. The first kappa shape index (κ1) is 22.6. The van der Waals surface area contributed by atoms with Gasteiger partial charge in [-0.15, -0.1) is 0 Å². The molecule has 0 saturated heterocycles. The van der Waals surface area contributed by atoms with Crippen LogP contribution in [0.25, 0.3) is 0 Å². The van der Waals surface area contributed by atoms with Crippen molar-refractivity contribution in [1.29, 1.82) is 0 Å². The van der Waals surface area contributed by atoms with Gasteiger partial charge in [0.25, 0.3) is 0 Å². The van der Waals surface area contributed by atoms with Crippen LogP contribution >= 0.6 is 0 Å². The van der Waals surface area contributed by atoms with Gasteiger partial charge in [0.05, 0.1) is 22.7 Å². The Morgan fingerprint density at radius 2 is 1.94 bits per heavy atom. The van der Waals surface area contributed by atoms with E-state index >= 15 is 0 Å². The normalized spacial score (nSPS) is 20.7. The van der Waals surface area contributed by atoms with Gasteiger partial charge in [-0.05, 0) is 68.9 Å². The number of amides is 1. The highest BCUT2D eigenvalue weighted by Gasteiger charge is 2.33. The van der Waals surface area contributed by atoms with E-state index in [1.165, 1.54) is 22.6 Å². The summed E-state index contributed by atoms with van der Waals surface area (Å²) in [6.45, 7) is 3.30. The third kappa shape index (κ3) is 4.14. The molecular formula is C26H26N4O5. The molecule has 1 aliphatic carbocycles. The zero-order chi connectivity index (χ0) is 24.7. The highest BCUT2D eigenvalue weighted by atomic mass is 16.5. The second kappa shape index (κ2) is 8.90. The Bertz CT molecular complexity index is 1330. The number of carbonyl (C=O) groups is 2. The van der Waals surface area contributed by atoms with Gasteiger partial charge in [0.2, 0.25) is 0 Å². The quantitative estimate of drug-likeness (QED) is 0.439. The lowest BCUT2D eigenvalue weighted by Crippen LogP contribution is -2.28. The van der Waals surface area contributed by atoms with Crippen molar-refractivity contribution in [2.24, 2.45) is 10.2 Å². The van der Waals surface area contributed by atoms with Gasteiger partial charge in [0.1, 0.15) is 17.6 Å². The summed E-state index contributed by atoms with van der Waals surface area (Å²) in [6, 6.07) is 11.0. The topological polar surface area (TPSA) is 124 Å². The minimum atomic E-state index is -1.04. The number of phenols is 1. The van der Waals surface area contributed by atoms with Crippen LogP contribution in [0.5, 0.6) is 5.75 Å². The van der Waals surface area contributed by atoms with Crippen molar-refractivity contribution in [3.05, 3.63) is 64.4 Å². The molecule has 9 nitrogen and oxygen atoms in total. The van der Waals surface area contributed by atoms with E-state index in [1.807, 2.05) is 12.1 Å². The van der Waals surface area contributed by atoms with E-state index in [0.717, 1.165) is 19.3 Å². The van der Waals surface area contributed by atoms with E-state index in [9.17, 15) is 19.8 Å². The molecule has 3 aliphatic rings. The molecule has 180 valence electrons. The highest BCUT2D eigenvalue weighted by Crippen LogP contribution is 2.42. The minimum absolute atomic E-state index is 0.118. The summed E-state index contributed by atoms with van der Waals surface area (Å²) >= 11 is 0. The maximum absolute atomic E-state index is 13.1. The van der Waals surface area contributed by atoms with Crippen LogP contribution < -0.4 is 10.4 Å². The van der Waals surface area contributed by atoms with E-state index in [1.54, 1.807) is 32.0 Å². The first-order valence-corrected chi connectivity index (χ1v) is 11.6. The average Bonchev–Trinajstić information content (AvgIpc) is 3.37. The van der Waals surface area contributed by atoms with Crippen molar-refractivity contribution in [1.82, 2.24) is 0 Å². The summed E-state index contributed by atoms with van der Waals surface area (Å²) in [5.74, 6) is -1.19. The number of anilines is 2. The Balaban J connectivity index is 1.34. The van der Waals surface area contributed by atoms with E-state index in [0.29, 0.717) is 22.7 Å². The zero-order valence-electron chi connectivity index (χ0n) is 19.5. The first-order valence-electron chi connectivity index (χ1n) is 11.6. The number of allylic oxidation sites excluding steroid dienone is 1. The number of carboxylic acids is 1. The number of aryl methyl sites for hydroxylation is 2. The Labute approximate surface area is 202 Å². The van der Waals surface area contributed by atoms with Crippen LogP contribution in [0.1, 0.15) is 55.9 Å². The number of ether oxygens (including phenoxy) is 1. The van der Waals surface area contributed by atoms with Gasteiger partial charge in [-0.3, -0.25) is 10.2 Å². The molecule has 0 radical (unpaired) electrons. The predicted octanol–water partition coefficient (Wildman–Crippen LogP) is 4.28. The van der Waals surface area contributed by atoms with Crippen LogP contribution in [0.4, 0.5) is 11.4 Å². The van der Waals surface area contributed by atoms with Gasteiger partial charge < -0.3 is 14.9 Å². The standard InChI is InChI=1S/C26H26N4O5/c1-14-23(25(32)30(29-14)18-11-10-16-6-3-4-7-17(16)12-18)28-27-21-9-5-8-19(24(21)31)22-13-20(26(33)34)15(2)35-22/h5,8-12,22,27,31H,3-4,6-7,13H2,1-2H3,(H,33,34)/b28-23-. The van der Waals surface area contributed by atoms with E-state index in [4.69, 9.17) is 4.74 Å². The summed E-state index contributed by atoms with van der Waals surface area (Å²) in [5, 5.41) is 30.1. The Kier molecular flexibility index (Phi) is 5.76. The summed E-state index contributed by atoms with van der Waals surface area (Å²) in [4.78, 5) is 24.5. The third-order valence-electron chi connectivity index (χ3n) is 6.66. The molecule has 5 rings (SSSR count). The van der Waals surface area contributed by atoms with Crippen LogP contribution in [-0.4, -0.2) is 33.5 Å². The number of rotatable bonds is 5. The van der Waals surface area contributed by atoms with Crippen LogP contribution in [0.2, 0.25) is 0 Å². The molecule has 3 N–H and O–H groups in total. The van der Waals surface area contributed by atoms with Gasteiger partial charge in [0, 0.05) is 12.0 Å². The van der Waals surface area contributed by atoms with E-state index in [-0.39, 0.29) is 35.0 Å². The highest BCUT2D eigenvalue weighted by molar-refractivity contribution is 6.71. The number of hydrogen-bond acceptors (Lipinski definition) is 7. The van der Waals surface area contributed by atoms with Gasteiger partial charge in [-0.2, -0.15) is 15.2 Å². The summed E-state index contributed by atoms with van der Waals surface area (Å²) in [7, 11) is 0.